The zero-order valence-electron chi connectivity index (χ0n) is 18.6. The van der Waals surface area contributed by atoms with Gasteiger partial charge in [-0.1, -0.05) is 26.5 Å². The molecule has 2 aromatic rings. The molecule has 0 aliphatic carbocycles. The van der Waals surface area contributed by atoms with E-state index in [4.69, 9.17) is 5.73 Å². The van der Waals surface area contributed by atoms with Gasteiger partial charge in [-0.15, -0.1) is 0 Å². The van der Waals surface area contributed by atoms with Crippen LogP contribution in [0.3, 0.4) is 0 Å². The van der Waals surface area contributed by atoms with Gasteiger partial charge in [0.1, 0.15) is 0 Å². The lowest BCUT2D eigenvalue weighted by molar-refractivity contribution is -0.143. The van der Waals surface area contributed by atoms with E-state index in [0.717, 1.165) is 23.5 Å². The molecule has 188 valence electrons. The van der Waals surface area contributed by atoms with Crippen molar-refractivity contribution in [2.24, 2.45) is 16.8 Å². The van der Waals surface area contributed by atoms with Crippen LogP contribution in [0.25, 0.3) is 5.57 Å². The summed E-state index contributed by atoms with van der Waals surface area (Å²) in [4.78, 5) is 15.5. The molecule has 0 spiro atoms. The van der Waals surface area contributed by atoms with Crippen LogP contribution in [0.2, 0.25) is 0 Å². The highest BCUT2D eigenvalue weighted by Crippen LogP contribution is 2.37. The molecule has 5 nitrogen and oxygen atoms in total. The summed E-state index contributed by atoms with van der Waals surface area (Å²) >= 11 is 0. The van der Waals surface area contributed by atoms with Gasteiger partial charge in [-0.3, -0.25) is 4.79 Å². The van der Waals surface area contributed by atoms with Gasteiger partial charge in [-0.2, -0.15) is 35.8 Å². The smallest absolute Gasteiger partial charge is 0.365 e. The van der Waals surface area contributed by atoms with Gasteiger partial charge < -0.3 is 5.73 Å². The fourth-order valence-electron chi connectivity index (χ4n) is 2.93. The average molecular weight is 502 g/mol. The molecule has 0 radical (unpaired) electrons. The number of amides is 1. The number of nitrogens with zero attached hydrogens (tertiary/aromatic N) is 3. The molecule has 35 heavy (non-hydrogen) atoms. The lowest BCUT2D eigenvalue weighted by Gasteiger charge is -2.20. The molecule has 1 aromatic carbocycles. The monoisotopic (exact) mass is 502 g/mol. The van der Waals surface area contributed by atoms with E-state index in [-0.39, 0.29) is 23.0 Å². The molecule has 0 saturated carbocycles. The Morgan fingerprint density at radius 2 is 1.71 bits per heavy atom. The summed E-state index contributed by atoms with van der Waals surface area (Å²) in [5.74, 6) is -2.55. The first-order valence-corrected chi connectivity index (χ1v) is 10.1. The molecule has 0 saturated heterocycles. The number of nitrogens with two attached hydrogens (primary N) is 1. The minimum atomic E-state index is -5.04. The average Bonchev–Trinajstić information content (AvgIpc) is 2.77. The fraction of sp³-hybridized carbons (Fsp3) is 0.261. The SMILES string of the molecule is C=CN(C=C(C(N)=O)c1cccc(F)n1)N=C(c1cc(C(F)(F)F)cc(C(F)(F)F)c1)C(C)CC. The Morgan fingerprint density at radius 3 is 2.14 bits per heavy atom. The number of rotatable bonds is 8. The van der Waals surface area contributed by atoms with Crippen molar-refractivity contribution in [3.8, 4) is 0 Å². The second-order valence-corrected chi connectivity index (χ2v) is 7.40. The van der Waals surface area contributed by atoms with Crippen LogP contribution in [0.5, 0.6) is 0 Å². The van der Waals surface area contributed by atoms with Crippen molar-refractivity contribution < 1.29 is 35.5 Å². The summed E-state index contributed by atoms with van der Waals surface area (Å²) in [5, 5.41) is 5.03. The molecule has 0 fully saturated rings. The highest BCUT2D eigenvalue weighted by molar-refractivity contribution is 6.18. The summed E-state index contributed by atoms with van der Waals surface area (Å²) in [6.07, 6.45) is -7.74. The van der Waals surface area contributed by atoms with E-state index in [1.54, 1.807) is 13.8 Å². The summed E-state index contributed by atoms with van der Waals surface area (Å²) in [5.41, 5.74) is 1.30. The highest BCUT2D eigenvalue weighted by atomic mass is 19.4. The molecule has 12 heteroatoms. The molecule has 0 aliphatic rings. The first kappa shape index (κ1) is 27.5. The minimum absolute atomic E-state index is 0.0176. The Morgan fingerprint density at radius 1 is 1.14 bits per heavy atom. The van der Waals surface area contributed by atoms with Crippen LogP contribution in [0.15, 0.2) is 60.5 Å². The Kier molecular flexibility index (Phi) is 8.42. The van der Waals surface area contributed by atoms with Gasteiger partial charge in [0, 0.05) is 18.3 Å². The standard InChI is InChI=1S/C23H21F7N4O/c1-4-13(3)20(14-9-15(22(25,26)27)11-16(10-14)23(28,29)30)33-34(5-2)12-17(21(31)35)18-7-6-8-19(24)32-18/h5-13H,2,4H2,1,3H3,(H2,31,35). The van der Waals surface area contributed by atoms with Gasteiger partial charge in [-0.05, 0) is 42.3 Å². The van der Waals surface area contributed by atoms with Crippen LogP contribution in [0.1, 0.15) is 42.7 Å². The molecular formula is C23H21F7N4O. The van der Waals surface area contributed by atoms with Crippen molar-refractivity contribution in [3.05, 3.63) is 83.7 Å². The molecule has 2 rings (SSSR count). The lowest BCUT2D eigenvalue weighted by Crippen LogP contribution is -2.21. The number of benzene rings is 1. The van der Waals surface area contributed by atoms with Gasteiger partial charge in [-0.25, -0.2) is 9.99 Å². The number of alkyl halides is 6. The maximum Gasteiger partial charge on any atom is 0.416 e. The molecule has 0 aliphatic heterocycles. The summed E-state index contributed by atoms with van der Waals surface area (Å²) < 4.78 is 93.7. The van der Waals surface area contributed by atoms with Gasteiger partial charge in [0.15, 0.2) is 0 Å². The van der Waals surface area contributed by atoms with E-state index < -0.39 is 46.8 Å². The van der Waals surface area contributed by atoms with E-state index in [0.29, 0.717) is 18.6 Å². The predicted molar refractivity (Wildman–Crippen MR) is 116 cm³/mol. The van der Waals surface area contributed by atoms with Crippen LogP contribution in [-0.4, -0.2) is 21.6 Å². The largest absolute Gasteiger partial charge is 0.416 e. The molecule has 1 aromatic heterocycles. The number of hydrogen-bond acceptors (Lipinski definition) is 4. The second kappa shape index (κ2) is 10.7. The number of hydrogen-bond donors (Lipinski definition) is 1. The normalized spacial score (nSPS) is 14.0. The van der Waals surface area contributed by atoms with Crippen molar-refractivity contribution in [2.75, 3.05) is 0 Å². The molecular weight excluding hydrogens is 481 g/mol. The Balaban J connectivity index is 2.74. The van der Waals surface area contributed by atoms with Crippen molar-refractivity contribution >= 4 is 17.2 Å². The number of primary amides is 1. The number of pyridine rings is 1. The van der Waals surface area contributed by atoms with Gasteiger partial charge in [0.05, 0.1) is 28.1 Å². The van der Waals surface area contributed by atoms with Crippen molar-refractivity contribution in [2.45, 2.75) is 32.6 Å². The second-order valence-electron chi connectivity index (χ2n) is 7.40. The fourth-order valence-corrected chi connectivity index (χ4v) is 2.93. The van der Waals surface area contributed by atoms with E-state index >= 15 is 0 Å². The summed E-state index contributed by atoms with van der Waals surface area (Å²) in [7, 11) is 0. The van der Waals surface area contributed by atoms with Crippen molar-refractivity contribution in [1.29, 1.82) is 0 Å². The highest BCUT2D eigenvalue weighted by Gasteiger charge is 2.37. The molecule has 1 atom stereocenters. The molecule has 2 N–H and O–H groups in total. The number of halogens is 7. The maximum atomic E-state index is 13.5. The third-order valence-electron chi connectivity index (χ3n) is 4.89. The Hall–Kier alpha value is -3.70. The number of carbonyl (C=O) groups is 1. The van der Waals surface area contributed by atoms with E-state index in [2.05, 4.69) is 16.7 Å². The van der Waals surface area contributed by atoms with Gasteiger partial charge >= 0.3 is 12.4 Å². The van der Waals surface area contributed by atoms with E-state index in [1.807, 2.05) is 0 Å². The predicted octanol–water partition coefficient (Wildman–Crippen LogP) is 5.98. The molecule has 1 heterocycles. The molecule has 0 bridgehead atoms. The Labute approximate surface area is 196 Å². The summed E-state index contributed by atoms with van der Waals surface area (Å²) in [6, 6.07) is 4.72. The lowest BCUT2D eigenvalue weighted by atomic mass is 9.93. The number of hydrazone groups is 1. The van der Waals surface area contributed by atoms with Crippen LogP contribution >= 0.6 is 0 Å². The van der Waals surface area contributed by atoms with Crippen LogP contribution in [-0.2, 0) is 17.1 Å². The Bertz CT molecular complexity index is 1120. The van der Waals surface area contributed by atoms with Crippen LogP contribution in [0, 0.1) is 11.9 Å². The van der Waals surface area contributed by atoms with Crippen molar-refractivity contribution in [3.63, 3.8) is 0 Å². The zero-order chi connectivity index (χ0) is 26.6. The van der Waals surface area contributed by atoms with Crippen molar-refractivity contribution in [1.82, 2.24) is 9.99 Å². The third-order valence-corrected chi connectivity index (χ3v) is 4.89. The van der Waals surface area contributed by atoms with Crippen LogP contribution in [0.4, 0.5) is 30.7 Å². The first-order chi connectivity index (χ1) is 16.2. The topological polar surface area (TPSA) is 71.6 Å². The van der Waals surface area contributed by atoms with Gasteiger partial charge in [0.2, 0.25) is 5.95 Å². The number of aromatic nitrogens is 1. The zero-order valence-corrected chi connectivity index (χ0v) is 18.6. The van der Waals surface area contributed by atoms with Gasteiger partial charge in [0.25, 0.3) is 5.91 Å². The molecule has 1 amide bonds. The molecule has 1 unspecified atom stereocenters. The minimum Gasteiger partial charge on any atom is -0.365 e. The summed E-state index contributed by atoms with van der Waals surface area (Å²) in [6.45, 7) is 6.72. The number of carbonyl (C=O) groups excluding carboxylic acids is 1. The van der Waals surface area contributed by atoms with E-state index in [1.165, 1.54) is 12.1 Å². The first-order valence-electron chi connectivity index (χ1n) is 10.1. The quantitative estimate of drug-likeness (QED) is 0.159. The van der Waals surface area contributed by atoms with Crippen LogP contribution < -0.4 is 5.73 Å². The third kappa shape index (κ3) is 7.14. The van der Waals surface area contributed by atoms with E-state index in [9.17, 15) is 35.5 Å². The maximum absolute atomic E-state index is 13.5.